The van der Waals surface area contributed by atoms with Crippen molar-refractivity contribution in [2.45, 2.75) is 38.8 Å². The van der Waals surface area contributed by atoms with Crippen LogP contribution in [0.15, 0.2) is 88.5 Å². The molecule has 0 saturated carbocycles. The van der Waals surface area contributed by atoms with Crippen LogP contribution in [0.2, 0.25) is 0 Å². The van der Waals surface area contributed by atoms with Crippen LogP contribution in [0.25, 0.3) is 11.0 Å². The Balaban J connectivity index is 1.42. The molecular weight excluding hydrogens is 482 g/mol. The van der Waals surface area contributed by atoms with Gasteiger partial charge in [-0.25, -0.2) is 0 Å². The zero-order valence-corrected chi connectivity index (χ0v) is 21.4. The van der Waals surface area contributed by atoms with Gasteiger partial charge in [-0.2, -0.15) is 0 Å². The third-order valence-electron chi connectivity index (χ3n) is 7.08. The topological polar surface area (TPSA) is 89.2 Å². The van der Waals surface area contributed by atoms with Crippen LogP contribution in [0.4, 0.5) is 0 Å². The van der Waals surface area contributed by atoms with E-state index in [-0.39, 0.29) is 30.1 Å². The molecule has 3 heterocycles. The van der Waals surface area contributed by atoms with Gasteiger partial charge in [-0.1, -0.05) is 69.3 Å². The number of benzene rings is 3. The van der Waals surface area contributed by atoms with Gasteiger partial charge in [0.2, 0.25) is 12.6 Å². The predicted octanol–water partition coefficient (Wildman–Crippen LogP) is 6.24. The minimum atomic E-state index is -0.803. The molecule has 0 aliphatic carbocycles. The molecule has 38 heavy (non-hydrogen) atoms. The van der Waals surface area contributed by atoms with E-state index in [4.69, 9.17) is 13.9 Å². The summed E-state index contributed by atoms with van der Waals surface area (Å²) in [5.74, 6) is -0.409. The van der Waals surface area contributed by atoms with E-state index in [0.29, 0.717) is 17.1 Å². The molecule has 0 radical (unpaired) electrons. The maximum absolute atomic E-state index is 13.8. The number of ether oxygens (including phenoxy) is 2. The molecule has 0 saturated heterocycles. The third-order valence-corrected chi connectivity index (χ3v) is 7.08. The highest BCUT2D eigenvalue weighted by atomic mass is 16.7. The molecule has 7 heteroatoms. The second-order valence-electron chi connectivity index (χ2n) is 10.6. The molecule has 6 rings (SSSR count). The zero-order valence-electron chi connectivity index (χ0n) is 21.4. The number of carbonyl (C=O) groups is 2. The highest BCUT2D eigenvalue weighted by Gasteiger charge is 2.44. The fourth-order valence-electron chi connectivity index (χ4n) is 5.02. The quantitative estimate of drug-likeness (QED) is 0.321. The van der Waals surface area contributed by atoms with Gasteiger partial charge in [0.15, 0.2) is 23.0 Å². The van der Waals surface area contributed by atoms with Gasteiger partial charge in [0.1, 0.15) is 5.58 Å². The first-order chi connectivity index (χ1) is 18.2. The van der Waals surface area contributed by atoms with E-state index in [0.717, 1.165) is 22.1 Å². The van der Waals surface area contributed by atoms with Crippen molar-refractivity contribution in [1.82, 2.24) is 4.90 Å². The second kappa shape index (κ2) is 8.80. The average Bonchev–Trinajstić information content (AvgIpc) is 3.61. The molecule has 7 nitrogen and oxygen atoms in total. The summed E-state index contributed by atoms with van der Waals surface area (Å²) >= 11 is 0. The van der Waals surface area contributed by atoms with Crippen LogP contribution < -0.4 is 9.47 Å². The zero-order chi connectivity index (χ0) is 26.6. The standard InChI is InChI=1S/C31H27NO6/c1-31(2,3)21-11-9-19(10-12-21)27-26(28(33)25-15-20-6-4-5-7-22(20)38-25)29(34)30(35)32(27)16-18-8-13-23-24(14-18)37-17-36-23/h4-15,27,34H,16-17H2,1-3H3. The van der Waals surface area contributed by atoms with Gasteiger partial charge in [-0.15, -0.1) is 0 Å². The van der Waals surface area contributed by atoms with Crippen LogP contribution in [0.3, 0.4) is 0 Å². The molecule has 192 valence electrons. The van der Waals surface area contributed by atoms with E-state index in [9.17, 15) is 14.7 Å². The van der Waals surface area contributed by atoms with Gasteiger partial charge in [-0.3, -0.25) is 9.59 Å². The van der Waals surface area contributed by atoms with Crippen molar-refractivity contribution in [3.8, 4) is 11.5 Å². The van der Waals surface area contributed by atoms with E-state index < -0.39 is 23.5 Å². The largest absolute Gasteiger partial charge is 0.503 e. The van der Waals surface area contributed by atoms with Crippen LogP contribution in [0.1, 0.15) is 54.1 Å². The number of hydrogen-bond donors (Lipinski definition) is 1. The Kier molecular flexibility index (Phi) is 5.52. The van der Waals surface area contributed by atoms with Crippen LogP contribution in [0.5, 0.6) is 11.5 Å². The Hall–Kier alpha value is -4.52. The second-order valence-corrected chi connectivity index (χ2v) is 10.6. The number of aliphatic hydroxyl groups excluding tert-OH is 1. The van der Waals surface area contributed by atoms with E-state index in [1.54, 1.807) is 18.2 Å². The summed E-state index contributed by atoms with van der Waals surface area (Å²) in [7, 11) is 0. The first kappa shape index (κ1) is 23.9. The van der Waals surface area contributed by atoms with E-state index in [1.807, 2.05) is 54.6 Å². The summed E-state index contributed by atoms with van der Waals surface area (Å²) < 4.78 is 16.7. The smallest absolute Gasteiger partial charge is 0.290 e. The number of hydrogen-bond acceptors (Lipinski definition) is 6. The maximum Gasteiger partial charge on any atom is 0.290 e. The fraction of sp³-hybridized carbons (Fsp3) is 0.226. The Labute approximate surface area is 219 Å². The summed E-state index contributed by atoms with van der Waals surface area (Å²) in [6, 6.07) is 21.4. The summed E-state index contributed by atoms with van der Waals surface area (Å²) in [6.07, 6.45) is 0. The van der Waals surface area contributed by atoms with E-state index in [2.05, 4.69) is 20.8 Å². The Morgan fingerprint density at radius 3 is 2.45 bits per heavy atom. The highest BCUT2D eigenvalue weighted by molar-refractivity contribution is 6.16. The molecule has 0 bridgehead atoms. The first-order valence-corrected chi connectivity index (χ1v) is 12.5. The van der Waals surface area contributed by atoms with Gasteiger partial charge in [0, 0.05) is 11.9 Å². The van der Waals surface area contributed by atoms with Crippen molar-refractivity contribution in [2.75, 3.05) is 6.79 Å². The van der Waals surface area contributed by atoms with Gasteiger partial charge in [0.25, 0.3) is 5.91 Å². The molecule has 1 amide bonds. The van der Waals surface area contributed by atoms with Gasteiger partial charge in [-0.05, 0) is 46.4 Å². The number of furan rings is 1. The molecule has 3 aromatic carbocycles. The maximum atomic E-state index is 13.8. The third kappa shape index (κ3) is 4.00. The number of carbonyl (C=O) groups excluding carboxylic acids is 2. The molecule has 0 fully saturated rings. The number of amides is 1. The van der Waals surface area contributed by atoms with Crippen LogP contribution >= 0.6 is 0 Å². The Morgan fingerprint density at radius 2 is 1.71 bits per heavy atom. The van der Waals surface area contributed by atoms with Crippen molar-refractivity contribution in [2.24, 2.45) is 0 Å². The number of rotatable bonds is 5. The van der Waals surface area contributed by atoms with Crippen LogP contribution in [0, 0.1) is 0 Å². The number of ketones is 1. The van der Waals surface area contributed by atoms with Gasteiger partial charge >= 0.3 is 0 Å². The lowest BCUT2D eigenvalue weighted by molar-refractivity contribution is -0.130. The molecule has 0 spiro atoms. The van der Waals surface area contributed by atoms with Crippen LogP contribution in [-0.2, 0) is 16.8 Å². The average molecular weight is 510 g/mol. The molecule has 1 N–H and O–H groups in total. The van der Waals surface area contributed by atoms with Crippen molar-refractivity contribution in [3.63, 3.8) is 0 Å². The highest BCUT2D eigenvalue weighted by Crippen LogP contribution is 2.42. The fourth-order valence-corrected chi connectivity index (χ4v) is 5.02. The minimum absolute atomic E-state index is 0.00157. The number of fused-ring (bicyclic) bond motifs is 2. The lowest BCUT2D eigenvalue weighted by atomic mass is 9.85. The summed E-state index contributed by atoms with van der Waals surface area (Å²) in [6.45, 7) is 6.66. The molecular formula is C31H27NO6. The minimum Gasteiger partial charge on any atom is -0.503 e. The van der Waals surface area contributed by atoms with Crippen molar-refractivity contribution >= 4 is 22.7 Å². The molecule has 1 atom stereocenters. The lowest BCUT2D eigenvalue weighted by Crippen LogP contribution is -2.30. The number of nitrogens with zero attached hydrogens (tertiary/aromatic N) is 1. The van der Waals surface area contributed by atoms with E-state index in [1.165, 1.54) is 4.90 Å². The summed E-state index contributed by atoms with van der Waals surface area (Å²) in [5.41, 5.74) is 3.11. The van der Waals surface area contributed by atoms with E-state index >= 15 is 0 Å². The number of para-hydroxylation sites is 1. The summed E-state index contributed by atoms with van der Waals surface area (Å²) in [5, 5.41) is 11.8. The molecule has 2 aliphatic rings. The SMILES string of the molecule is CC(C)(C)c1ccc(C2C(C(=O)c3cc4ccccc4o3)=C(O)C(=O)N2Cc2ccc3c(c2)OCO3)cc1. The summed E-state index contributed by atoms with van der Waals surface area (Å²) in [4.78, 5) is 28.8. The lowest BCUT2D eigenvalue weighted by Gasteiger charge is -2.28. The van der Waals surface area contributed by atoms with Crippen LogP contribution in [-0.4, -0.2) is 28.5 Å². The molecule has 4 aromatic rings. The molecule has 1 aromatic heterocycles. The van der Waals surface area contributed by atoms with Gasteiger partial charge in [0.05, 0.1) is 11.6 Å². The molecule has 2 aliphatic heterocycles. The van der Waals surface area contributed by atoms with Crippen molar-refractivity contribution in [1.29, 1.82) is 0 Å². The number of Topliss-reactive ketones (excluding diaryl/α,β-unsaturated/α-hetero) is 1. The van der Waals surface area contributed by atoms with Crippen molar-refractivity contribution < 1.29 is 28.6 Å². The number of aliphatic hydroxyl groups is 1. The first-order valence-electron chi connectivity index (χ1n) is 12.5. The monoisotopic (exact) mass is 509 g/mol. The van der Waals surface area contributed by atoms with Crippen molar-refractivity contribution in [3.05, 3.63) is 107 Å². The predicted molar refractivity (Wildman–Crippen MR) is 141 cm³/mol. The molecule has 1 unspecified atom stereocenters. The van der Waals surface area contributed by atoms with Gasteiger partial charge < -0.3 is 23.9 Å². The Bertz CT molecular complexity index is 1570. The Morgan fingerprint density at radius 1 is 0.974 bits per heavy atom. The normalized spacial score (nSPS) is 17.1.